The molecule has 6 heteroatoms. The van der Waals surface area contributed by atoms with E-state index in [-0.39, 0.29) is 12.4 Å². The second-order valence-corrected chi connectivity index (χ2v) is 6.83. The lowest BCUT2D eigenvalue weighted by molar-refractivity contribution is -0.238. The summed E-state index contributed by atoms with van der Waals surface area (Å²) < 4.78 is 25.2. The zero-order valence-electron chi connectivity index (χ0n) is 15.5. The Bertz CT molecular complexity index is 843. The first-order chi connectivity index (χ1) is 13.5. The van der Waals surface area contributed by atoms with Crippen molar-refractivity contribution in [3.8, 4) is 12.3 Å². The van der Waals surface area contributed by atoms with Crippen molar-refractivity contribution in [3.63, 3.8) is 0 Å². The molecule has 3 rings (SSSR count). The number of methoxy groups -OCH3 is 1. The molecule has 1 heterocycles. The van der Waals surface area contributed by atoms with Gasteiger partial charge in [0.15, 0.2) is 0 Å². The zero-order valence-corrected chi connectivity index (χ0v) is 15.5. The smallest absolute Gasteiger partial charge is 0.126 e. The van der Waals surface area contributed by atoms with E-state index in [1.54, 1.807) is 18.2 Å². The monoisotopic (exact) mass is 386 g/mol. The van der Waals surface area contributed by atoms with E-state index in [1.165, 1.54) is 19.2 Å². The van der Waals surface area contributed by atoms with Gasteiger partial charge in [-0.1, -0.05) is 24.1 Å². The molecule has 0 amide bonds. The summed E-state index contributed by atoms with van der Waals surface area (Å²) in [6, 6.07) is 11.7. The SMILES string of the molecule is C#Cc1ccc(Cc2cc([C@@H]3O[C@H](CO)[C@@H](OC)[C@H](O)[C@H]3O)ccc2F)cc1. The van der Waals surface area contributed by atoms with Crippen molar-refractivity contribution >= 4 is 0 Å². The van der Waals surface area contributed by atoms with Crippen LogP contribution in [0.3, 0.4) is 0 Å². The number of terminal acetylenes is 1. The average molecular weight is 386 g/mol. The Kier molecular flexibility index (Phi) is 6.45. The van der Waals surface area contributed by atoms with E-state index in [9.17, 15) is 19.7 Å². The van der Waals surface area contributed by atoms with Crippen LogP contribution in [-0.4, -0.2) is 53.5 Å². The Morgan fingerprint density at radius 1 is 1.14 bits per heavy atom. The first-order valence-corrected chi connectivity index (χ1v) is 8.97. The van der Waals surface area contributed by atoms with E-state index in [1.807, 2.05) is 12.1 Å². The lowest BCUT2D eigenvalue weighted by Gasteiger charge is -2.41. The quantitative estimate of drug-likeness (QED) is 0.680. The minimum Gasteiger partial charge on any atom is -0.394 e. The third-order valence-corrected chi connectivity index (χ3v) is 5.05. The molecule has 148 valence electrons. The summed E-state index contributed by atoms with van der Waals surface area (Å²) in [7, 11) is 1.37. The first kappa shape index (κ1) is 20.5. The molecule has 0 unspecified atom stereocenters. The Labute approximate surface area is 163 Å². The van der Waals surface area contributed by atoms with Crippen molar-refractivity contribution < 1.29 is 29.2 Å². The molecule has 2 aromatic carbocycles. The highest BCUT2D eigenvalue weighted by Gasteiger charge is 2.45. The molecule has 0 bridgehead atoms. The van der Waals surface area contributed by atoms with Gasteiger partial charge in [0.1, 0.15) is 36.3 Å². The van der Waals surface area contributed by atoms with Gasteiger partial charge < -0.3 is 24.8 Å². The molecule has 5 atom stereocenters. The van der Waals surface area contributed by atoms with E-state index in [0.29, 0.717) is 17.5 Å². The fourth-order valence-corrected chi connectivity index (χ4v) is 3.50. The minimum absolute atomic E-state index is 0.333. The van der Waals surface area contributed by atoms with Gasteiger partial charge in [-0.15, -0.1) is 6.42 Å². The summed E-state index contributed by atoms with van der Waals surface area (Å²) in [5, 5.41) is 30.3. The van der Waals surface area contributed by atoms with Gasteiger partial charge in [-0.3, -0.25) is 0 Å². The third-order valence-electron chi connectivity index (χ3n) is 5.05. The van der Waals surface area contributed by atoms with Crippen molar-refractivity contribution in [1.29, 1.82) is 0 Å². The van der Waals surface area contributed by atoms with E-state index < -0.39 is 30.5 Å². The predicted octanol–water partition coefficient (Wildman–Crippen LogP) is 1.57. The fraction of sp³-hybridized carbons (Fsp3) is 0.364. The summed E-state index contributed by atoms with van der Waals surface area (Å²) in [5.41, 5.74) is 2.56. The number of ether oxygens (including phenoxy) is 2. The van der Waals surface area contributed by atoms with Crippen LogP contribution < -0.4 is 0 Å². The third kappa shape index (κ3) is 4.09. The summed E-state index contributed by atoms with van der Waals surface area (Å²) in [5.74, 6) is 2.15. The van der Waals surface area contributed by atoms with Gasteiger partial charge in [0.2, 0.25) is 0 Å². The van der Waals surface area contributed by atoms with Gasteiger partial charge in [-0.25, -0.2) is 4.39 Å². The molecule has 0 aromatic heterocycles. The summed E-state index contributed by atoms with van der Waals surface area (Å²) in [4.78, 5) is 0. The van der Waals surface area contributed by atoms with Crippen LogP contribution in [0.1, 0.15) is 28.4 Å². The number of benzene rings is 2. The maximum atomic E-state index is 14.4. The molecule has 3 N–H and O–H groups in total. The molecule has 0 spiro atoms. The number of hydrogen-bond donors (Lipinski definition) is 3. The molecule has 1 saturated heterocycles. The highest BCUT2D eigenvalue weighted by atomic mass is 19.1. The van der Waals surface area contributed by atoms with E-state index in [0.717, 1.165) is 11.1 Å². The largest absolute Gasteiger partial charge is 0.394 e. The highest BCUT2D eigenvalue weighted by molar-refractivity contribution is 5.37. The number of rotatable bonds is 5. The molecule has 0 aliphatic carbocycles. The van der Waals surface area contributed by atoms with Crippen LogP contribution in [0.15, 0.2) is 42.5 Å². The second-order valence-electron chi connectivity index (χ2n) is 6.83. The van der Waals surface area contributed by atoms with Crippen LogP contribution >= 0.6 is 0 Å². The molecule has 2 aromatic rings. The van der Waals surface area contributed by atoms with E-state index in [2.05, 4.69) is 5.92 Å². The van der Waals surface area contributed by atoms with E-state index >= 15 is 0 Å². The Hall–Kier alpha value is -2.27. The van der Waals surface area contributed by atoms with Gasteiger partial charge in [-0.2, -0.15) is 0 Å². The van der Waals surface area contributed by atoms with Crippen LogP contribution in [0.4, 0.5) is 4.39 Å². The molecular weight excluding hydrogens is 363 g/mol. The topological polar surface area (TPSA) is 79.2 Å². The van der Waals surface area contributed by atoms with Crippen molar-refractivity contribution in [2.24, 2.45) is 0 Å². The summed E-state index contributed by atoms with van der Waals surface area (Å²) in [6.45, 7) is -0.381. The molecule has 28 heavy (non-hydrogen) atoms. The van der Waals surface area contributed by atoms with E-state index in [4.69, 9.17) is 15.9 Å². The van der Waals surface area contributed by atoms with Crippen LogP contribution in [0.5, 0.6) is 0 Å². The van der Waals surface area contributed by atoms with Crippen LogP contribution in [0, 0.1) is 18.2 Å². The van der Waals surface area contributed by atoms with Gasteiger partial charge in [0.25, 0.3) is 0 Å². The molecule has 5 nitrogen and oxygen atoms in total. The molecule has 0 radical (unpaired) electrons. The molecular formula is C22H23FO5. The van der Waals surface area contributed by atoms with Crippen molar-refractivity contribution in [2.75, 3.05) is 13.7 Å². The Morgan fingerprint density at radius 2 is 1.86 bits per heavy atom. The lowest BCUT2D eigenvalue weighted by atomic mass is 9.90. The van der Waals surface area contributed by atoms with Gasteiger partial charge in [-0.05, 0) is 41.0 Å². The standard InChI is InChI=1S/C22H23FO5/c1-3-13-4-6-14(7-5-13)10-16-11-15(8-9-17(16)23)21-19(25)20(26)22(27-2)18(12-24)28-21/h1,4-9,11,18-22,24-26H,10,12H2,2H3/t18-,19-,20-,21+,22-/m1/s1. The zero-order chi connectivity index (χ0) is 20.3. The first-order valence-electron chi connectivity index (χ1n) is 8.97. The molecule has 1 aliphatic heterocycles. The summed E-state index contributed by atoms with van der Waals surface area (Å²) in [6.07, 6.45) is 0.585. The second kappa shape index (κ2) is 8.82. The van der Waals surface area contributed by atoms with Crippen LogP contribution in [0.25, 0.3) is 0 Å². The number of hydrogen-bond acceptors (Lipinski definition) is 5. The lowest BCUT2D eigenvalue weighted by Crippen LogP contribution is -2.56. The Morgan fingerprint density at radius 3 is 2.46 bits per heavy atom. The maximum absolute atomic E-state index is 14.4. The minimum atomic E-state index is -1.28. The van der Waals surface area contributed by atoms with Gasteiger partial charge >= 0.3 is 0 Å². The fourth-order valence-electron chi connectivity index (χ4n) is 3.50. The van der Waals surface area contributed by atoms with Gasteiger partial charge in [0, 0.05) is 19.1 Å². The summed E-state index contributed by atoms with van der Waals surface area (Å²) >= 11 is 0. The van der Waals surface area contributed by atoms with Gasteiger partial charge in [0.05, 0.1) is 6.61 Å². The highest BCUT2D eigenvalue weighted by Crippen LogP contribution is 2.34. The van der Waals surface area contributed by atoms with Crippen molar-refractivity contribution in [1.82, 2.24) is 0 Å². The number of halogens is 1. The van der Waals surface area contributed by atoms with Crippen molar-refractivity contribution in [3.05, 3.63) is 70.5 Å². The maximum Gasteiger partial charge on any atom is 0.126 e. The van der Waals surface area contributed by atoms with Crippen LogP contribution in [0.2, 0.25) is 0 Å². The number of aliphatic hydroxyl groups excluding tert-OH is 3. The number of aliphatic hydroxyl groups is 3. The molecule has 1 aliphatic rings. The average Bonchev–Trinajstić information content (AvgIpc) is 2.72. The Balaban J connectivity index is 1.86. The van der Waals surface area contributed by atoms with Crippen LogP contribution in [-0.2, 0) is 15.9 Å². The molecule has 1 fully saturated rings. The predicted molar refractivity (Wildman–Crippen MR) is 101 cm³/mol. The normalized spacial score (nSPS) is 27.4. The molecule has 0 saturated carbocycles. The van der Waals surface area contributed by atoms with Crippen molar-refractivity contribution in [2.45, 2.75) is 36.9 Å².